The van der Waals surface area contributed by atoms with Gasteiger partial charge in [0.05, 0.1) is 24.2 Å². The van der Waals surface area contributed by atoms with E-state index in [0.717, 1.165) is 36.4 Å². The Morgan fingerprint density at radius 1 is 0.909 bits per heavy atom. The number of rotatable bonds is 8. The predicted molar refractivity (Wildman–Crippen MR) is 118 cm³/mol. The molecule has 11 heteroatoms. The van der Waals surface area contributed by atoms with Gasteiger partial charge in [-0.3, -0.25) is 14.3 Å². The third kappa shape index (κ3) is 6.26. The van der Waals surface area contributed by atoms with E-state index >= 15 is 0 Å². The first-order chi connectivity index (χ1) is 15.7. The number of hydrogen-bond acceptors (Lipinski definition) is 5. The Labute approximate surface area is 188 Å². The average molecular weight is 475 g/mol. The Bertz CT molecular complexity index is 1260. The molecule has 3 aromatic rings. The molecule has 0 spiro atoms. The van der Waals surface area contributed by atoms with Crippen LogP contribution in [0.25, 0.3) is 0 Å². The Kier molecular flexibility index (Phi) is 7.23. The van der Waals surface area contributed by atoms with Crippen LogP contribution in [-0.2, 0) is 14.8 Å². The van der Waals surface area contributed by atoms with Gasteiger partial charge in [0.2, 0.25) is 5.91 Å². The molecule has 0 atom stereocenters. The summed E-state index contributed by atoms with van der Waals surface area (Å²) in [5.74, 6) is -2.03. The Morgan fingerprint density at radius 2 is 1.52 bits per heavy atom. The van der Waals surface area contributed by atoms with E-state index in [-0.39, 0.29) is 34.1 Å². The molecule has 0 fully saturated rings. The van der Waals surface area contributed by atoms with E-state index < -0.39 is 33.5 Å². The maximum Gasteiger partial charge on any atom is 0.262 e. The third-order valence-electron chi connectivity index (χ3n) is 4.37. The van der Waals surface area contributed by atoms with Crippen molar-refractivity contribution in [1.82, 2.24) is 5.32 Å². The molecule has 3 N–H and O–H groups in total. The lowest BCUT2D eigenvalue weighted by atomic mass is 10.2. The molecular formula is C22H19F2N3O5S. The summed E-state index contributed by atoms with van der Waals surface area (Å²) in [4.78, 5) is 24.1. The molecule has 0 aliphatic heterocycles. The smallest absolute Gasteiger partial charge is 0.262 e. The fourth-order valence-electron chi connectivity index (χ4n) is 2.75. The summed E-state index contributed by atoms with van der Waals surface area (Å²) in [6, 6.07) is 13.3. The van der Waals surface area contributed by atoms with Crippen LogP contribution in [-0.4, -0.2) is 33.9 Å². The maximum atomic E-state index is 13.1. The molecule has 172 valence electrons. The lowest BCUT2D eigenvalue weighted by Gasteiger charge is -2.14. The summed E-state index contributed by atoms with van der Waals surface area (Å²) in [6.45, 7) is -0.376. The molecule has 0 radical (unpaired) electrons. The highest BCUT2D eigenvalue weighted by Crippen LogP contribution is 2.30. The summed E-state index contributed by atoms with van der Waals surface area (Å²) in [7, 11) is -2.71. The highest BCUT2D eigenvalue weighted by Gasteiger charge is 2.18. The standard InChI is InChI=1S/C22H19F2N3O5S/c1-32-20-11-8-17(12-19(20)27-33(30,31)18-9-6-16(24)7-10-18)26-21(28)13-25-22(29)14-2-4-15(23)5-3-14/h2-12,27H,13H2,1H3,(H,25,29)(H,26,28). The van der Waals surface area contributed by atoms with Crippen molar-refractivity contribution in [2.24, 2.45) is 0 Å². The number of carbonyl (C=O) groups is 2. The number of methoxy groups -OCH3 is 1. The lowest BCUT2D eigenvalue weighted by Crippen LogP contribution is -2.32. The summed E-state index contributed by atoms with van der Waals surface area (Å²) in [6.07, 6.45) is 0. The van der Waals surface area contributed by atoms with Gasteiger partial charge in [-0.1, -0.05) is 0 Å². The maximum absolute atomic E-state index is 13.1. The average Bonchev–Trinajstić information content (AvgIpc) is 2.78. The lowest BCUT2D eigenvalue weighted by molar-refractivity contribution is -0.115. The van der Waals surface area contributed by atoms with Gasteiger partial charge in [0.1, 0.15) is 17.4 Å². The molecule has 8 nitrogen and oxygen atoms in total. The van der Waals surface area contributed by atoms with Gasteiger partial charge >= 0.3 is 0 Å². The molecule has 0 aliphatic carbocycles. The van der Waals surface area contributed by atoms with Crippen molar-refractivity contribution in [2.45, 2.75) is 4.90 Å². The molecule has 2 amide bonds. The summed E-state index contributed by atoms with van der Waals surface area (Å²) < 4.78 is 58.7. The number of carbonyl (C=O) groups excluding carboxylic acids is 2. The number of anilines is 2. The van der Waals surface area contributed by atoms with Crippen molar-refractivity contribution < 1.29 is 31.5 Å². The highest BCUT2D eigenvalue weighted by molar-refractivity contribution is 7.92. The molecular weight excluding hydrogens is 456 g/mol. The SMILES string of the molecule is COc1ccc(NC(=O)CNC(=O)c2ccc(F)cc2)cc1NS(=O)(=O)c1ccc(F)cc1. The number of ether oxygens (including phenoxy) is 1. The van der Waals surface area contributed by atoms with Gasteiger partial charge in [0.15, 0.2) is 0 Å². The molecule has 3 aromatic carbocycles. The minimum Gasteiger partial charge on any atom is -0.495 e. The van der Waals surface area contributed by atoms with Gasteiger partial charge in [-0.2, -0.15) is 0 Å². The topological polar surface area (TPSA) is 114 Å². The molecule has 0 aromatic heterocycles. The van der Waals surface area contributed by atoms with Crippen molar-refractivity contribution in [3.8, 4) is 5.75 Å². The number of benzene rings is 3. The molecule has 0 aliphatic rings. The molecule has 0 bridgehead atoms. The van der Waals surface area contributed by atoms with Crippen LogP contribution in [0.5, 0.6) is 5.75 Å². The highest BCUT2D eigenvalue weighted by atomic mass is 32.2. The Balaban J connectivity index is 1.68. The first-order valence-electron chi connectivity index (χ1n) is 9.48. The first kappa shape index (κ1) is 23.7. The zero-order valence-corrected chi connectivity index (χ0v) is 18.1. The van der Waals surface area contributed by atoms with Crippen molar-refractivity contribution in [1.29, 1.82) is 0 Å². The van der Waals surface area contributed by atoms with Crippen molar-refractivity contribution in [3.63, 3.8) is 0 Å². The van der Waals surface area contributed by atoms with Crippen LogP contribution >= 0.6 is 0 Å². The van der Waals surface area contributed by atoms with E-state index in [1.165, 1.54) is 37.4 Å². The van der Waals surface area contributed by atoms with E-state index in [4.69, 9.17) is 4.74 Å². The molecule has 33 heavy (non-hydrogen) atoms. The fourth-order valence-corrected chi connectivity index (χ4v) is 3.81. The summed E-state index contributed by atoms with van der Waals surface area (Å²) in [5.41, 5.74) is 0.453. The number of sulfonamides is 1. The van der Waals surface area contributed by atoms with Crippen molar-refractivity contribution >= 4 is 33.2 Å². The first-order valence-corrected chi connectivity index (χ1v) is 11.0. The second-order valence-electron chi connectivity index (χ2n) is 6.71. The minimum atomic E-state index is -4.06. The van der Waals surface area contributed by atoms with Gasteiger partial charge in [-0.15, -0.1) is 0 Å². The summed E-state index contributed by atoms with van der Waals surface area (Å²) >= 11 is 0. The van der Waals surface area contributed by atoms with Gasteiger partial charge in [0.25, 0.3) is 15.9 Å². The number of nitrogens with one attached hydrogen (secondary N) is 3. The minimum absolute atomic E-state index is 0.0370. The van der Waals surface area contributed by atoms with Crippen LogP contribution in [0.2, 0.25) is 0 Å². The van der Waals surface area contributed by atoms with Gasteiger partial charge < -0.3 is 15.4 Å². The molecule has 0 saturated carbocycles. The molecule has 0 saturated heterocycles. The molecule has 0 heterocycles. The van der Waals surface area contributed by atoms with Crippen molar-refractivity contribution in [2.75, 3.05) is 23.7 Å². The molecule has 0 unspecified atom stereocenters. The van der Waals surface area contributed by atoms with E-state index in [1.54, 1.807) is 0 Å². The van der Waals surface area contributed by atoms with Crippen LogP contribution in [0, 0.1) is 11.6 Å². The Hall–Kier alpha value is -3.99. The van der Waals surface area contributed by atoms with E-state index in [9.17, 15) is 26.8 Å². The van der Waals surface area contributed by atoms with Crippen LogP contribution in [0.4, 0.5) is 20.2 Å². The zero-order chi connectivity index (χ0) is 24.0. The van der Waals surface area contributed by atoms with Crippen LogP contribution < -0.4 is 20.1 Å². The predicted octanol–water partition coefficient (Wildman–Crippen LogP) is 3.14. The van der Waals surface area contributed by atoms with E-state index in [2.05, 4.69) is 15.4 Å². The molecule has 3 rings (SSSR count). The second kappa shape index (κ2) is 10.1. The van der Waals surface area contributed by atoms with Gasteiger partial charge in [-0.05, 0) is 66.7 Å². The normalized spacial score (nSPS) is 10.9. The largest absolute Gasteiger partial charge is 0.495 e. The van der Waals surface area contributed by atoms with Crippen LogP contribution in [0.1, 0.15) is 10.4 Å². The quantitative estimate of drug-likeness (QED) is 0.463. The third-order valence-corrected chi connectivity index (χ3v) is 5.75. The van der Waals surface area contributed by atoms with Gasteiger partial charge in [0, 0.05) is 11.3 Å². The van der Waals surface area contributed by atoms with Gasteiger partial charge in [-0.25, -0.2) is 17.2 Å². The zero-order valence-electron chi connectivity index (χ0n) is 17.3. The fraction of sp³-hybridized carbons (Fsp3) is 0.0909. The second-order valence-corrected chi connectivity index (χ2v) is 8.39. The van der Waals surface area contributed by atoms with Crippen LogP contribution in [0.3, 0.4) is 0 Å². The van der Waals surface area contributed by atoms with Crippen molar-refractivity contribution in [3.05, 3.63) is 83.9 Å². The number of halogens is 2. The number of hydrogen-bond donors (Lipinski definition) is 3. The monoisotopic (exact) mass is 475 g/mol. The van der Waals surface area contributed by atoms with Crippen LogP contribution in [0.15, 0.2) is 71.6 Å². The van der Waals surface area contributed by atoms with E-state index in [0.29, 0.717) is 0 Å². The Morgan fingerprint density at radius 3 is 2.12 bits per heavy atom. The van der Waals surface area contributed by atoms with E-state index in [1.807, 2.05) is 0 Å². The number of amides is 2. The summed E-state index contributed by atoms with van der Waals surface area (Å²) in [5, 5.41) is 4.93.